The van der Waals surface area contributed by atoms with Crippen molar-refractivity contribution in [3.05, 3.63) is 82.9 Å². The van der Waals surface area contributed by atoms with Crippen molar-refractivity contribution in [2.24, 2.45) is 17.3 Å². The molecule has 3 aromatic carbocycles. The molecule has 6 rings (SSSR count). The van der Waals surface area contributed by atoms with Gasteiger partial charge in [0.25, 0.3) is 11.8 Å². The van der Waals surface area contributed by atoms with Gasteiger partial charge >= 0.3 is 0 Å². The normalized spacial score (nSPS) is 20.1. The van der Waals surface area contributed by atoms with Crippen LogP contribution in [-0.2, 0) is 35.2 Å². The Labute approximate surface area is 455 Å². The fourth-order valence-corrected chi connectivity index (χ4v) is 10.7. The molecule has 3 aliphatic rings. The number of likely N-dealkylation sites (tertiary alicyclic amines) is 1. The number of carbonyl (C=O) groups excluding carboxylic acids is 8. The third-order valence-corrected chi connectivity index (χ3v) is 16.0. The molecule has 0 bridgehead atoms. The van der Waals surface area contributed by atoms with Crippen LogP contribution >= 0.6 is 0 Å². The average molecular weight is 1060 g/mol. The minimum atomic E-state index is -0.990. The van der Waals surface area contributed by atoms with Gasteiger partial charge in [-0.2, -0.15) is 0 Å². The minimum absolute atomic E-state index is 0.0461. The summed E-state index contributed by atoms with van der Waals surface area (Å²) in [7, 11) is 3.37. The molecular weight excluding hydrogens is 977 g/mol. The monoisotopic (exact) mass is 1060 g/mol. The third-order valence-electron chi connectivity index (χ3n) is 16.0. The molecule has 2 fully saturated rings. The van der Waals surface area contributed by atoms with Gasteiger partial charge in [-0.05, 0) is 143 Å². The standard InChI is InChI=1S/C59H86N10O8/c1-11-45(61-10)54(73)67-49(38-19-13-12-14-20-38)57(76)66-47(55(74)63-35(4)34(2)3)28-29-62-52(71)41-26-24-40-31-42(27-25-39(40)30-41)53(72)64-43-32-48(56(75)65-46-23-17-21-37-18-15-16-22-44(37)46)69(33-43)58(77)50(59(6,7)8)68-51(70)36(5)60-9/h15-16,18,22,24-27,30-31,34-36,38,43,45-50,60-61H,11-14,17,19-21,23,28-29,32-33H2,1-10H3,(H,62,71)(H,63,74)(H,64,72)(H,65,75)(H,66,76)(H,67,73)(H,68,70)/t35-,36+,43+,45+,46-,47+,48+,49+,50-/m1/s1. The van der Waals surface area contributed by atoms with Crippen LogP contribution in [0.25, 0.3) is 10.8 Å². The first-order valence-corrected chi connectivity index (χ1v) is 28.0. The van der Waals surface area contributed by atoms with E-state index < -0.39 is 71.3 Å². The highest BCUT2D eigenvalue weighted by Crippen LogP contribution is 2.32. The molecule has 1 saturated heterocycles. The van der Waals surface area contributed by atoms with E-state index in [0.29, 0.717) is 28.3 Å². The molecule has 1 aliphatic heterocycles. The van der Waals surface area contributed by atoms with Crippen LogP contribution in [0.2, 0.25) is 0 Å². The lowest BCUT2D eigenvalue weighted by Crippen LogP contribution is -2.59. The zero-order chi connectivity index (χ0) is 56.1. The van der Waals surface area contributed by atoms with Crippen LogP contribution in [0.3, 0.4) is 0 Å². The maximum Gasteiger partial charge on any atom is 0.251 e. The molecule has 77 heavy (non-hydrogen) atoms. The van der Waals surface area contributed by atoms with Crippen LogP contribution in [0.4, 0.5) is 0 Å². The van der Waals surface area contributed by atoms with E-state index in [0.717, 1.165) is 56.9 Å². The van der Waals surface area contributed by atoms with Gasteiger partial charge in [0.15, 0.2) is 0 Å². The van der Waals surface area contributed by atoms with Crippen molar-refractivity contribution in [1.29, 1.82) is 0 Å². The van der Waals surface area contributed by atoms with Crippen molar-refractivity contribution in [2.75, 3.05) is 27.2 Å². The van der Waals surface area contributed by atoms with Gasteiger partial charge in [0, 0.05) is 36.3 Å². The number of aryl methyl sites for hydroxylation is 1. The van der Waals surface area contributed by atoms with Crippen molar-refractivity contribution >= 4 is 58.0 Å². The molecule has 0 aromatic heterocycles. The third kappa shape index (κ3) is 15.6. The summed E-state index contributed by atoms with van der Waals surface area (Å²) >= 11 is 0. The van der Waals surface area contributed by atoms with Crippen LogP contribution in [0.1, 0.15) is 157 Å². The Morgan fingerprint density at radius 1 is 0.675 bits per heavy atom. The number of carbonyl (C=O) groups is 8. The van der Waals surface area contributed by atoms with Gasteiger partial charge in [-0.3, -0.25) is 38.4 Å². The summed E-state index contributed by atoms with van der Waals surface area (Å²) in [6, 6.07) is 12.5. The topological polar surface area (TPSA) is 248 Å². The van der Waals surface area contributed by atoms with Gasteiger partial charge in [0.2, 0.25) is 35.4 Å². The number of benzene rings is 3. The molecule has 9 atom stereocenters. The number of amides is 8. The van der Waals surface area contributed by atoms with Crippen LogP contribution in [0.5, 0.6) is 0 Å². The number of hydrogen-bond donors (Lipinski definition) is 9. The summed E-state index contributed by atoms with van der Waals surface area (Å²) in [5.41, 5.74) is 2.21. The molecule has 1 saturated carbocycles. The van der Waals surface area contributed by atoms with Crippen LogP contribution in [-0.4, -0.2) is 128 Å². The maximum absolute atomic E-state index is 14.6. The Balaban J connectivity index is 1.13. The van der Waals surface area contributed by atoms with Crippen LogP contribution in [0, 0.1) is 17.3 Å². The van der Waals surface area contributed by atoms with Crippen molar-refractivity contribution in [3.8, 4) is 0 Å². The lowest BCUT2D eigenvalue weighted by molar-refractivity contribution is -0.144. The van der Waals surface area contributed by atoms with Crippen LogP contribution in [0.15, 0.2) is 60.7 Å². The zero-order valence-corrected chi connectivity index (χ0v) is 47.0. The fourth-order valence-electron chi connectivity index (χ4n) is 10.7. The SMILES string of the molecule is CC[C@H](NC)C(=O)N[C@H](C(=O)N[C@@H](CCNC(=O)c1ccc2cc(C(=O)N[C@H]3C[C@@H](C(=O)N[C@@H]4CCCc5ccccc54)N(C(=O)[C@@H](NC(=O)[C@H](C)NC)C(C)(C)C)C3)ccc2c1)C(=O)N[C@H](C)C(C)C)C1CCCCC1. The highest BCUT2D eigenvalue weighted by atomic mass is 16.2. The molecule has 0 unspecified atom stereocenters. The summed E-state index contributed by atoms with van der Waals surface area (Å²) in [6.07, 6.45) is 7.90. The first-order chi connectivity index (χ1) is 36.6. The number of likely N-dealkylation sites (N-methyl/N-ethyl adjacent to an activating group) is 2. The zero-order valence-electron chi connectivity index (χ0n) is 47.0. The van der Waals surface area contributed by atoms with E-state index in [1.54, 1.807) is 57.4 Å². The van der Waals surface area contributed by atoms with E-state index >= 15 is 0 Å². The van der Waals surface area contributed by atoms with Gasteiger partial charge in [-0.25, -0.2) is 0 Å². The summed E-state index contributed by atoms with van der Waals surface area (Å²) in [4.78, 5) is 113. The van der Waals surface area contributed by atoms with E-state index in [9.17, 15) is 38.4 Å². The Bertz CT molecular complexity index is 2590. The second-order valence-corrected chi connectivity index (χ2v) is 22.9. The van der Waals surface area contributed by atoms with E-state index in [1.807, 2.05) is 66.7 Å². The minimum Gasteiger partial charge on any atom is -0.352 e. The summed E-state index contributed by atoms with van der Waals surface area (Å²) in [5, 5.41) is 28.4. The van der Waals surface area contributed by atoms with Crippen molar-refractivity contribution < 1.29 is 38.4 Å². The first kappa shape index (κ1) is 59.8. The number of nitrogens with zero attached hydrogens (tertiary/aromatic N) is 1. The average Bonchev–Trinajstić information content (AvgIpc) is 3.85. The molecule has 1 heterocycles. The predicted octanol–water partition coefficient (Wildman–Crippen LogP) is 4.70. The molecular formula is C59H86N10O8. The number of nitrogens with one attached hydrogen (secondary N) is 9. The lowest BCUT2D eigenvalue weighted by atomic mass is 9.83. The quantitative estimate of drug-likeness (QED) is 0.0672. The molecule has 18 heteroatoms. The number of hydrogen-bond acceptors (Lipinski definition) is 10. The Morgan fingerprint density at radius 3 is 1.95 bits per heavy atom. The van der Waals surface area contributed by atoms with Crippen molar-refractivity contribution in [2.45, 2.75) is 180 Å². The van der Waals surface area contributed by atoms with E-state index in [2.05, 4.69) is 53.9 Å². The van der Waals surface area contributed by atoms with Gasteiger partial charge < -0.3 is 52.8 Å². The van der Waals surface area contributed by atoms with E-state index in [1.165, 1.54) is 10.5 Å². The Kier molecular flexibility index (Phi) is 21.2. The molecule has 0 spiro atoms. The van der Waals surface area contributed by atoms with Crippen LogP contribution < -0.4 is 47.9 Å². The van der Waals surface area contributed by atoms with Crippen molar-refractivity contribution in [1.82, 2.24) is 52.8 Å². The molecule has 2 aliphatic carbocycles. The number of rotatable bonds is 22. The molecule has 0 radical (unpaired) electrons. The summed E-state index contributed by atoms with van der Waals surface area (Å²) in [6.45, 7) is 15.2. The molecule has 3 aromatic rings. The lowest BCUT2D eigenvalue weighted by Gasteiger charge is -2.36. The van der Waals surface area contributed by atoms with Gasteiger partial charge in [0.1, 0.15) is 24.2 Å². The highest BCUT2D eigenvalue weighted by molar-refractivity contribution is 6.02. The first-order valence-electron chi connectivity index (χ1n) is 28.0. The Morgan fingerprint density at radius 2 is 1.32 bits per heavy atom. The predicted molar refractivity (Wildman–Crippen MR) is 298 cm³/mol. The van der Waals surface area contributed by atoms with Gasteiger partial charge in [0.05, 0.1) is 18.1 Å². The Hall–Kier alpha value is -6.40. The largest absolute Gasteiger partial charge is 0.352 e. The maximum atomic E-state index is 14.6. The van der Waals surface area contributed by atoms with Crippen molar-refractivity contribution in [3.63, 3.8) is 0 Å². The highest BCUT2D eigenvalue weighted by Gasteiger charge is 2.46. The summed E-state index contributed by atoms with van der Waals surface area (Å²) in [5.74, 6) is -2.91. The second kappa shape index (κ2) is 27.3. The van der Waals surface area contributed by atoms with Gasteiger partial charge in [-0.15, -0.1) is 0 Å². The fraction of sp³-hybridized carbons (Fsp3) is 0.593. The number of fused-ring (bicyclic) bond motifs is 2. The second-order valence-electron chi connectivity index (χ2n) is 22.9. The molecule has 9 N–H and O–H groups in total. The molecule has 420 valence electrons. The smallest absolute Gasteiger partial charge is 0.251 e. The molecule has 18 nitrogen and oxygen atoms in total. The van der Waals surface area contributed by atoms with E-state index in [4.69, 9.17) is 0 Å². The summed E-state index contributed by atoms with van der Waals surface area (Å²) < 4.78 is 0. The van der Waals surface area contributed by atoms with Gasteiger partial charge in [-0.1, -0.05) is 97.2 Å². The molecule has 8 amide bonds. The van der Waals surface area contributed by atoms with E-state index in [-0.39, 0.29) is 73.5 Å².